The Morgan fingerprint density at radius 2 is 2.35 bits per heavy atom. The van der Waals surface area contributed by atoms with Gasteiger partial charge in [-0.3, -0.25) is 0 Å². The van der Waals surface area contributed by atoms with Crippen LogP contribution in [0.3, 0.4) is 0 Å². The van der Waals surface area contributed by atoms with Gasteiger partial charge < -0.3 is 9.14 Å². The lowest BCUT2D eigenvalue weighted by molar-refractivity contribution is 0.0602. The molecule has 0 atom stereocenters. The number of carbonyl (C=O) groups is 1. The Bertz CT molecular complexity index is 602. The molecule has 0 radical (unpaired) electrons. The first-order chi connectivity index (χ1) is 8.22. The molecule has 0 unspecified atom stereocenters. The number of imidazole rings is 1. The average molecular weight is 251 g/mol. The molecule has 88 valence electrons. The highest BCUT2D eigenvalue weighted by Gasteiger charge is 2.30. The summed E-state index contributed by atoms with van der Waals surface area (Å²) in [4.78, 5) is 16.0. The number of aromatic nitrogens is 2. The minimum absolute atomic E-state index is 0.368. The summed E-state index contributed by atoms with van der Waals surface area (Å²) in [5.74, 6) is 1.03. The van der Waals surface area contributed by atoms with E-state index in [2.05, 4.69) is 4.98 Å². The van der Waals surface area contributed by atoms with Crippen LogP contribution in [-0.2, 0) is 4.74 Å². The molecule has 1 aliphatic rings. The van der Waals surface area contributed by atoms with Crippen molar-refractivity contribution in [2.24, 2.45) is 0 Å². The Labute approximate surface area is 103 Å². The monoisotopic (exact) mass is 250 g/mol. The molecule has 1 aliphatic carbocycles. The fraction of sp³-hybridized carbons (Fsp3) is 0.333. The number of carbonyl (C=O) groups excluding carboxylic acids is 1. The van der Waals surface area contributed by atoms with Crippen molar-refractivity contribution < 1.29 is 9.53 Å². The number of halogens is 1. The molecule has 0 aromatic carbocycles. The first-order valence-electron chi connectivity index (χ1n) is 5.47. The van der Waals surface area contributed by atoms with E-state index in [9.17, 15) is 4.79 Å². The van der Waals surface area contributed by atoms with Crippen molar-refractivity contribution in [3.63, 3.8) is 0 Å². The molecule has 0 aliphatic heterocycles. The average Bonchev–Trinajstić information content (AvgIpc) is 3.13. The molecule has 0 spiro atoms. The van der Waals surface area contributed by atoms with E-state index in [4.69, 9.17) is 16.3 Å². The summed E-state index contributed by atoms with van der Waals surface area (Å²) in [7, 11) is 1.36. The lowest BCUT2D eigenvalue weighted by atomic mass is 10.2. The molecular weight excluding hydrogens is 240 g/mol. The highest BCUT2D eigenvalue weighted by atomic mass is 35.5. The van der Waals surface area contributed by atoms with Crippen LogP contribution >= 0.6 is 11.6 Å². The van der Waals surface area contributed by atoms with Crippen molar-refractivity contribution in [3.05, 3.63) is 34.9 Å². The number of ether oxygens (including phenoxy) is 1. The van der Waals surface area contributed by atoms with Crippen LogP contribution in [0.4, 0.5) is 0 Å². The van der Waals surface area contributed by atoms with Crippen molar-refractivity contribution >= 4 is 23.1 Å². The van der Waals surface area contributed by atoms with E-state index in [-0.39, 0.29) is 5.97 Å². The third-order valence-corrected chi connectivity index (χ3v) is 3.26. The molecule has 1 fully saturated rings. The van der Waals surface area contributed by atoms with Crippen molar-refractivity contribution in [1.29, 1.82) is 0 Å². The summed E-state index contributed by atoms with van der Waals surface area (Å²) in [6.07, 6.45) is 4.16. The third-order valence-electron chi connectivity index (χ3n) is 3.00. The van der Waals surface area contributed by atoms with E-state index in [1.807, 2.05) is 16.7 Å². The first kappa shape index (κ1) is 10.6. The van der Waals surface area contributed by atoms with Crippen LogP contribution in [-0.4, -0.2) is 22.5 Å². The number of methoxy groups -OCH3 is 1. The van der Waals surface area contributed by atoms with Crippen LogP contribution < -0.4 is 0 Å². The lowest BCUT2D eigenvalue weighted by Gasteiger charge is -2.03. The Balaban J connectivity index is 2.27. The third kappa shape index (κ3) is 1.60. The maximum Gasteiger partial charge on any atom is 0.340 e. The molecule has 0 amide bonds. The molecule has 2 aromatic heterocycles. The molecule has 17 heavy (non-hydrogen) atoms. The summed E-state index contributed by atoms with van der Waals surface area (Å²) >= 11 is 6.12. The number of fused-ring (bicyclic) bond motifs is 1. The van der Waals surface area contributed by atoms with E-state index in [1.54, 1.807) is 6.07 Å². The summed E-state index contributed by atoms with van der Waals surface area (Å²) < 4.78 is 6.64. The van der Waals surface area contributed by atoms with Gasteiger partial charge in [0, 0.05) is 12.1 Å². The van der Waals surface area contributed by atoms with Crippen LogP contribution in [0.15, 0.2) is 18.3 Å². The largest absolute Gasteiger partial charge is 0.465 e. The highest BCUT2D eigenvalue weighted by molar-refractivity contribution is 6.33. The summed E-state index contributed by atoms with van der Waals surface area (Å²) in [6.45, 7) is 0. The highest BCUT2D eigenvalue weighted by Crippen LogP contribution is 2.41. The van der Waals surface area contributed by atoms with E-state index in [1.165, 1.54) is 7.11 Å². The predicted octanol–water partition coefficient (Wildman–Crippen LogP) is 2.65. The van der Waals surface area contributed by atoms with Gasteiger partial charge in [-0.1, -0.05) is 11.6 Å². The standard InChI is InChI=1S/C12H11ClN2O2/c1-17-12(16)8-3-2-6-15-9(8)10(13)14-11(15)7-4-5-7/h2-3,6-7H,4-5H2,1H3. The first-order valence-corrected chi connectivity index (χ1v) is 5.85. The number of esters is 1. The second kappa shape index (κ2) is 3.74. The van der Waals surface area contributed by atoms with Crippen LogP contribution in [0.5, 0.6) is 0 Å². The van der Waals surface area contributed by atoms with Crippen LogP contribution in [0, 0.1) is 0 Å². The smallest absolute Gasteiger partial charge is 0.340 e. The zero-order valence-electron chi connectivity index (χ0n) is 9.31. The predicted molar refractivity (Wildman–Crippen MR) is 63.5 cm³/mol. The fourth-order valence-corrected chi connectivity index (χ4v) is 2.30. The fourth-order valence-electron chi connectivity index (χ4n) is 2.02. The summed E-state index contributed by atoms with van der Waals surface area (Å²) in [5.41, 5.74) is 1.10. The molecular formula is C12H11ClN2O2. The van der Waals surface area contributed by atoms with E-state index in [0.717, 1.165) is 18.7 Å². The molecule has 0 N–H and O–H groups in total. The summed E-state index contributed by atoms with van der Waals surface area (Å²) in [5, 5.41) is 0.368. The normalized spacial score (nSPS) is 15.2. The number of nitrogens with zero attached hydrogens (tertiary/aromatic N) is 2. The SMILES string of the molecule is COC(=O)c1cccn2c(C3CC3)nc(Cl)c12. The van der Waals surface area contributed by atoms with Crippen molar-refractivity contribution in [3.8, 4) is 0 Å². The quantitative estimate of drug-likeness (QED) is 0.770. The number of rotatable bonds is 2. The van der Waals surface area contributed by atoms with Crippen molar-refractivity contribution in [2.45, 2.75) is 18.8 Å². The molecule has 5 heteroatoms. The van der Waals surface area contributed by atoms with Gasteiger partial charge in [0.2, 0.25) is 0 Å². The van der Waals surface area contributed by atoms with E-state index >= 15 is 0 Å². The number of hydrogen-bond donors (Lipinski definition) is 0. The van der Waals surface area contributed by atoms with E-state index < -0.39 is 0 Å². The maximum atomic E-state index is 11.7. The maximum absolute atomic E-state index is 11.7. The summed E-state index contributed by atoms with van der Waals surface area (Å²) in [6, 6.07) is 3.51. The van der Waals surface area contributed by atoms with Crippen LogP contribution in [0.1, 0.15) is 34.9 Å². The molecule has 1 saturated carbocycles. The zero-order valence-corrected chi connectivity index (χ0v) is 10.1. The Kier molecular flexibility index (Phi) is 2.33. The van der Waals surface area contributed by atoms with Crippen LogP contribution in [0.25, 0.3) is 5.52 Å². The lowest BCUT2D eigenvalue weighted by Crippen LogP contribution is -2.04. The van der Waals surface area contributed by atoms with E-state index in [0.29, 0.717) is 22.2 Å². The van der Waals surface area contributed by atoms with Gasteiger partial charge >= 0.3 is 5.97 Å². The van der Waals surface area contributed by atoms with Gasteiger partial charge in [0.25, 0.3) is 0 Å². The molecule has 3 rings (SSSR count). The molecule has 0 bridgehead atoms. The van der Waals surface area contributed by atoms with Gasteiger partial charge in [-0.15, -0.1) is 0 Å². The van der Waals surface area contributed by atoms with Crippen molar-refractivity contribution in [2.75, 3.05) is 7.11 Å². The van der Waals surface area contributed by atoms with Gasteiger partial charge in [0.05, 0.1) is 18.2 Å². The van der Waals surface area contributed by atoms with Gasteiger partial charge in [0.15, 0.2) is 5.15 Å². The topological polar surface area (TPSA) is 43.6 Å². The minimum atomic E-state index is -0.389. The second-order valence-electron chi connectivity index (χ2n) is 4.17. The van der Waals surface area contributed by atoms with Gasteiger partial charge in [-0.2, -0.15) is 0 Å². The Morgan fingerprint density at radius 3 is 3.00 bits per heavy atom. The molecule has 0 saturated heterocycles. The van der Waals surface area contributed by atoms with Crippen molar-refractivity contribution in [1.82, 2.24) is 9.38 Å². The zero-order chi connectivity index (χ0) is 12.0. The second-order valence-corrected chi connectivity index (χ2v) is 4.53. The Hall–Kier alpha value is -1.55. The molecule has 2 heterocycles. The van der Waals surface area contributed by atoms with Crippen LogP contribution in [0.2, 0.25) is 5.15 Å². The minimum Gasteiger partial charge on any atom is -0.465 e. The Morgan fingerprint density at radius 1 is 1.59 bits per heavy atom. The van der Waals surface area contributed by atoms with Gasteiger partial charge in [-0.25, -0.2) is 9.78 Å². The van der Waals surface area contributed by atoms with Gasteiger partial charge in [0.1, 0.15) is 5.82 Å². The molecule has 2 aromatic rings. The molecule has 4 nitrogen and oxygen atoms in total. The number of hydrogen-bond acceptors (Lipinski definition) is 3. The number of pyridine rings is 1. The van der Waals surface area contributed by atoms with Gasteiger partial charge in [-0.05, 0) is 25.0 Å².